The van der Waals surface area contributed by atoms with Crippen LogP contribution in [0.3, 0.4) is 0 Å². The van der Waals surface area contributed by atoms with Gasteiger partial charge in [-0.2, -0.15) is 5.10 Å². The molecule has 0 atom stereocenters. The Morgan fingerprint density at radius 2 is 1.96 bits per heavy atom. The third-order valence-corrected chi connectivity index (χ3v) is 4.19. The van der Waals surface area contributed by atoms with Crippen molar-refractivity contribution in [2.75, 3.05) is 5.32 Å². The maximum Gasteiger partial charge on any atom is 0.221 e. The van der Waals surface area contributed by atoms with Gasteiger partial charge in [-0.1, -0.05) is 24.3 Å². The van der Waals surface area contributed by atoms with Crippen LogP contribution in [0.4, 0.5) is 5.69 Å². The van der Waals surface area contributed by atoms with Gasteiger partial charge in [0, 0.05) is 48.0 Å². The van der Waals surface area contributed by atoms with Gasteiger partial charge in [-0.15, -0.1) is 0 Å². The molecule has 5 nitrogen and oxygen atoms in total. The summed E-state index contributed by atoms with van der Waals surface area (Å²) in [6.07, 6.45) is 3.90. The zero-order valence-electron chi connectivity index (χ0n) is 13.9. The fourth-order valence-electron chi connectivity index (χ4n) is 3.02. The maximum atomic E-state index is 11.2. The Balaban J connectivity index is 1.57. The Labute approximate surface area is 145 Å². The van der Waals surface area contributed by atoms with Gasteiger partial charge in [0.05, 0.1) is 5.69 Å². The van der Waals surface area contributed by atoms with E-state index in [9.17, 15) is 4.79 Å². The highest BCUT2D eigenvalue weighted by Gasteiger charge is 2.05. The Kier molecular flexibility index (Phi) is 3.82. The number of nitrogens with zero attached hydrogens (tertiary/aromatic N) is 2. The van der Waals surface area contributed by atoms with Crippen molar-refractivity contribution in [2.24, 2.45) is 0 Å². The number of nitrogens with one attached hydrogen (secondary N) is 2. The zero-order chi connectivity index (χ0) is 17.2. The minimum absolute atomic E-state index is 0.0595. The molecule has 0 fully saturated rings. The summed E-state index contributed by atoms with van der Waals surface area (Å²) in [5.74, 6) is -0.0595. The normalized spacial score (nSPS) is 10.9. The molecule has 124 valence electrons. The maximum absolute atomic E-state index is 11.2. The Bertz CT molecular complexity index is 1010. The van der Waals surface area contributed by atoms with Crippen LogP contribution in [0.25, 0.3) is 22.2 Å². The van der Waals surface area contributed by atoms with Crippen LogP contribution in [0.1, 0.15) is 12.5 Å². The standard InChI is InChI=1S/C20H18N4O/c1-14(25)22-18-6-7-20-17(12-18)9-11-24(20)13-15-2-4-16(5-3-15)19-8-10-21-23-19/h2-12H,13H2,1H3,(H,21,23)(H,22,25). The Morgan fingerprint density at radius 3 is 2.68 bits per heavy atom. The van der Waals surface area contributed by atoms with E-state index in [4.69, 9.17) is 0 Å². The van der Waals surface area contributed by atoms with Crippen LogP contribution in [-0.4, -0.2) is 20.7 Å². The molecule has 0 spiro atoms. The van der Waals surface area contributed by atoms with Crippen molar-refractivity contribution in [1.82, 2.24) is 14.8 Å². The van der Waals surface area contributed by atoms with Crippen molar-refractivity contribution in [3.8, 4) is 11.3 Å². The molecule has 0 aliphatic heterocycles. The molecule has 0 unspecified atom stereocenters. The number of aromatic nitrogens is 3. The molecule has 4 rings (SSSR count). The second-order valence-electron chi connectivity index (χ2n) is 6.05. The number of benzene rings is 2. The van der Waals surface area contributed by atoms with E-state index < -0.39 is 0 Å². The number of carbonyl (C=O) groups is 1. The average Bonchev–Trinajstić information content (AvgIpc) is 3.25. The first-order chi connectivity index (χ1) is 12.2. The molecule has 25 heavy (non-hydrogen) atoms. The first-order valence-electron chi connectivity index (χ1n) is 8.15. The van der Waals surface area contributed by atoms with Crippen molar-refractivity contribution in [2.45, 2.75) is 13.5 Å². The molecule has 0 aliphatic carbocycles. The molecule has 4 aromatic rings. The predicted octanol–water partition coefficient (Wildman–Crippen LogP) is 4.04. The number of H-pyrrole nitrogens is 1. The van der Waals surface area contributed by atoms with Crippen LogP contribution >= 0.6 is 0 Å². The summed E-state index contributed by atoms with van der Waals surface area (Å²) in [7, 11) is 0. The lowest BCUT2D eigenvalue weighted by molar-refractivity contribution is -0.114. The third-order valence-electron chi connectivity index (χ3n) is 4.19. The molecule has 2 heterocycles. The molecule has 2 N–H and O–H groups in total. The minimum atomic E-state index is -0.0595. The van der Waals surface area contributed by atoms with E-state index in [1.54, 1.807) is 0 Å². The van der Waals surface area contributed by atoms with Gasteiger partial charge < -0.3 is 9.88 Å². The number of amides is 1. The van der Waals surface area contributed by atoms with E-state index in [-0.39, 0.29) is 5.91 Å². The van der Waals surface area contributed by atoms with Gasteiger partial charge in [0.1, 0.15) is 0 Å². The van der Waals surface area contributed by atoms with Gasteiger partial charge in [0.2, 0.25) is 5.91 Å². The quantitative estimate of drug-likeness (QED) is 0.593. The lowest BCUT2D eigenvalue weighted by Gasteiger charge is -2.08. The van der Waals surface area contributed by atoms with Gasteiger partial charge in [-0.05, 0) is 35.9 Å². The molecule has 0 aliphatic rings. The number of rotatable bonds is 4. The fourth-order valence-corrected chi connectivity index (χ4v) is 3.02. The second-order valence-corrected chi connectivity index (χ2v) is 6.05. The summed E-state index contributed by atoms with van der Waals surface area (Å²) < 4.78 is 2.20. The SMILES string of the molecule is CC(=O)Nc1ccc2c(ccn2Cc2ccc(-c3cc[nH]n3)cc2)c1. The number of aromatic amines is 1. The highest BCUT2D eigenvalue weighted by molar-refractivity contribution is 5.92. The number of hydrogen-bond acceptors (Lipinski definition) is 2. The number of anilines is 1. The van der Waals surface area contributed by atoms with E-state index in [1.165, 1.54) is 12.5 Å². The van der Waals surface area contributed by atoms with Gasteiger partial charge in [-0.3, -0.25) is 9.89 Å². The van der Waals surface area contributed by atoms with Crippen molar-refractivity contribution in [3.05, 3.63) is 72.6 Å². The zero-order valence-corrected chi connectivity index (χ0v) is 13.9. The summed E-state index contributed by atoms with van der Waals surface area (Å²) >= 11 is 0. The van der Waals surface area contributed by atoms with Gasteiger partial charge in [0.25, 0.3) is 0 Å². The summed E-state index contributed by atoms with van der Waals surface area (Å²) in [6.45, 7) is 2.31. The predicted molar refractivity (Wildman–Crippen MR) is 99.4 cm³/mol. The highest BCUT2D eigenvalue weighted by Crippen LogP contribution is 2.22. The van der Waals surface area contributed by atoms with Crippen molar-refractivity contribution in [3.63, 3.8) is 0 Å². The second kappa shape index (κ2) is 6.28. The van der Waals surface area contributed by atoms with Gasteiger partial charge in [0.15, 0.2) is 0 Å². The number of fused-ring (bicyclic) bond motifs is 1. The monoisotopic (exact) mass is 330 g/mol. The topological polar surface area (TPSA) is 62.7 Å². The van der Waals surface area contributed by atoms with E-state index in [0.717, 1.165) is 34.4 Å². The van der Waals surface area contributed by atoms with Crippen LogP contribution in [0.2, 0.25) is 0 Å². The lowest BCUT2D eigenvalue weighted by atomic mass is 10.1. The molecule has 0 saturated carbocycles. The molecule has 2 aromatic heterocycles. The molecule has 0 radical (unpaired) electrons. The van der Waals surface area contributed by atoms with Crippen LogP contribution < -0.4 is 5.32 Å². The number of carbonyl (C=O) groups excluding carboxylic acids is 1. The highest BCUT2D eigenvalue weighted by atomic mass is 16.1. The molecule has 0 saturated heterocycles. The van der Waals surface area contributed by atoms with Crippen LogP contribution in [0.15, 0.2) is 67.0 Å². The summed E-state index contributed by atoms with van der Waals surface area (Å²) in [5, 5.41) is 11.0. The minimum Gasteiger partial charge on any atom is -0.343 e. The van der Waals surface area contributed by atoms with Gasteiger partial charge >= 0.3 is 0 Å². The average molecular weight is 330 g/mol. The van der Waals surface area contributed by atoms with Crippen LogP contribution in [0, 0.1) is 0 Å². The Morgan fingerprint density at radius 1 is 1.12 bits per heavy atom. The molecule has 0 bridgehead atoms. The van der Waals surface area contributed by atoms with E-state index >= 15 is 0 Å². The van der Waals surface area contributed by atoms with Crippen molar-refractivity contribution >= 4 is 22.5 Å². The summed E-state index contributed by atoms with van der Waals surface area (Å²) in [6, 6.07) is 18.4. The summed E-state index contributed by atoms with van der Waals surface area (Å²) in [4.78, 5) is 11.2. The molecular formula is C20H18N4O. The lowest BCUT2D eigenvalue weighted by Crippen LogP contribution is -2.05. The fraction of sp³-hybridized carbons (Fsp3) is 0.100. The first-order valence-corrected chi connectivity index (χ1v) is 8.15. The molecule has 2 aromatic carbocycles. The van der Waals surface area contributed by atoms with Crippen LogP contribution in [-0.2, 0) is 11.3 Å². The number of hydrogen-bond donors (Lipinski definition) is 2. The van der Waals surface area contributed by atoms with Gasteiger partial charge in [-0.25, -0.2) is 0 Å². The Hall–Kier alpha value is -3.34. The first kappa shape index (κ1) is 15.2. The smallest absolute Gasteiger partial charge is 0.221 e. The molecule has 5 heteroatoms. The van der Waals surface area contributed by atoms with E-state index in [2.05, 4.69) is 56.6 Å². The molecule has 1 amide bonds. The molecular weight excluding hydrogens is 312 g/mol. The van der Waals surface area contributed by atoms with E-state index in [0.29, 0.717) is 0 Å². The van der Waals surface area contributed by atoms with Crippen LogP contribution in [0.5, 0.6) is 0 Å². The third kappa shape index (κ3) is 3.17. The summed E-state index contributed by atoms with van der Waals surface area (Å²) in [5.41, 5.74) is 5.24. The largest absolute Gasteiger partial charge is 0.343 e. The van der Waals surface area contributed by atoms with Crippen molar-refractivity contribution < 1.29 is 4.79 Å². The van der Waals surface area contributed by atoms with E-state index in [1.807, 2.05) is 30.5 Å². The van der Waals surface area contributed by atoms with Crippen molar-refractivity contribution in [1.29, 1.82) is 0 Å².